The van der Waals surface area contributed by atoms with E-state index in [0.717, 1.165) is 16.7 Å². The Morgan fingerprint density at radius 2 is 1.94 bits per heavy atom. The summed E-state index contributed by atoms with van der Waals surface area (Å²) in [6.45, 7) is 3.90. The number of esters is 1. The van der Waals surface area contributed by atoms with Gasteiger partial charge in [0.25, 0.3) is 0 Å². The van der Waals surface area contributed by atoms with E-state index in [1.165, 1.54) is 18.9 Å². The SMILES string of the molecule is COC(=O)CCSc1ccnc(C(C)C)c1CC(=O)CC(=O)c1cc(F)c(Cl)nc1Cl. The minimum Gasteiger partial charge on any atom is -0.469 e. The Balaban J connectivity index is 2.20. The highest BCUT2D eigenvalue weighted by molar-refractivity contribution is 7.99. The van der Waals surface area contributed by atoms with E-state index in [1.54, 1.807) is 12.3 Å². The van der Waals surface area contributed by atoms with E-state index >= 15 is 0 Å². The summed E-state index contributed by atoms with van der Waals surface area (Å²) >= 11 is 12.8. The molecular formula is C21H21Cl2FN2O4S. The maximum Gasteiger partial charge on any atom is 0.306 e. The van der Waals surface area contributed by atoms with Crippen molar-refractivity contribution >= 4 is 52.5 Å². The second-order valence-electron chi connectivity index (χ2n) is 6.92. The van der Waals surface area contributed by atoms with Gasteiger partial charge in [-0.05, 0) is 23.6 Å². The van der Waals surface area contributed by atoms with Gasteiger partial charge in [0.15, 0.2) is 16.8 Å². The van der Waals surface area contributed by atoms with Gasteiger partial charge in [0, 0.05) is 29.0 Å². The van der Waals surface area contributed by atoms with E-state index in [2.05, 4.69) is 14.7 Å². The first-order valence-electron chi connectivity index (χ1n) is 9.37. The summed E-state index contributed by atoms with van der Waals surface area (Å²) in [5, 5.41) is -0.703. The minimum atomic E-state index is -0.888. The lowest BCUT2D eigenvalue weighted by Crippen LogP contribution is -2.14. The van der Waals surface area contributed by atoms with Gasteiger partial charge in [-0.2, -0.15) is 0 Å². The van der Waals surface area contributed by atoms with Crippen LogP contribution in [0.3, 0.4) is 0 Å². The van der Waals surface area contributed by atoms with Gasteiger partial charge in [-0.15, -0.1) is 11.8 Å². The highest BCUT2D eigenvalue weighted by Gasteiger charge is 2.22. The van der Waals surface area contributed by atoms with Crippen molar-refractivity contribution < 1.29 is 23.5 Å². The number of hydrogen-bond acceptors (Lipinski definition) is 7. The van der Waals surface area contributed by atoms with Crippen molar-refractivity contribution in [3.63, 3.8) is 0 Å². The molecule has 0 aromatic carbocycles. The summed E-state index contributed by atoms with van der Waals surface area (Å²) in [5.41, 5.74) is 1.25. The molecule has 2 heterocycles. The van der Waals surface area contributed by atoms with Crippen molar-refractivity contribution in [2.75, 3.05) is 12.9 Å². The molecule has 0 fully saturated rings. The van der Waals surface area contributed by atoms with E-state index < -0.39 is 23.2 Å². The average molecular weight is 487 g/mol. The Labute approximate surface area is 193 Å². The number of ketones is 2. The van der Waals surface area contributed by atoms with E-state index in [0.29, 0.717) is 11.3 Å². The molecule has 0 aliphatic carbocycles. The van der Waals surface area contributed by atoms with Crippen LogP contribution in [0, 0.1) is 5.82 Å². The quantitative estimate of drug-likeness (QED) is 0.152. The average Bonchev–Trinajstić information content (AvgIpc) is 2.71. The van der Waals surface area contributed by atoms with Crippen LogP contribution in [0.1, 0.15) is 54.2 Å². The Morgan fingerprint density at radius 1 is 1.23 bits per heavy atom. The lowest BCUT2D eigenvalue weighted by Gasteiger charge is -2.15. The molecule has 6 nitrogen and oxygen atoms in total. The van der Waals surface area contributed by atoms with Crippen molar-refractivity contribution in [2.24, 2.45) is 0 Å². The number of aromatic nitrogens is 2. The third kappa shape index (κ3) is 6.98. The number of carbonyl (C=O) groups is 3. The van der Waals surface area contributed by atoms with E-state index in [4.69, 9.17) is 23.2 Å². The molecule has 0 unspecified atom stereocenters. The zero-order valence-electron chi connectivity index (χ0n) is 17.2. The molecule has 0 amide bonds. The molecule has 0 atom stereocenters. The Bertz CT molecular complexity index is 1000. The largest absolute Gasteiger partial charge is 0.469 e. The van der Waals surface area contributed by atoms with Crippen molar-refractivity contribution in [1.29, 1.82) is 0 Å². The van der Waals surface area contributed by atoms with E-state index in [1.807, 2.05) is 13.8 Å². The Hall–Kier alpha value is -2.03. The van der Waals surface area contributed by atoms with Crippen LogP contribution >= 0.6 is 35.0 Å². The van der Waals surface area contributed by atoms with Gasteiger partial charge in [0.1, 0.15) is 10.9 Å². The van der Waals surface area contributed by atoms with Gasteiger partial charge >= 0.3 is 5.97 Å². The van der Waals surface area contributed by atoms with Gasteiger partial charge in [-0.25, -0.2) is 9.37 Å². The molecular weight excluding hydrogens is 466 g/mol. The Morgan fingerprint density at radius 3 is 2.58 bits per heavy atom. The predicted molar refractivity (Wildman–Crippen MR) is 118 cm³/mol. The number of nitrogens with zero attached hydrogens (tertiary/aromatic N) is 2. The molecule has 2 aromatic rings. The number of carbonyl (C=O) groups excluding carboxylic acids is 3. The predicted octanol–water partition coefficient (Wildman–Crippen LogP) is 5.09. The molecule has 0 saturated carbocycles. The van der Waals surface area contributed by atoms with Crippen LogP contribution in [0.25, 0.3) is 0 Å². The summed E-state index contributed by atoms with van der Waals surface area (Å²) in [4.78, 5) is 45.3. The minimum absolute atomic E-state index is 0.0330. The number of rotatable bonds is 10. The number of ether oxygens (including phenoxy) is 1. The van der Waals surface area contributed by atoms with E-state index in [9.17, 15) is 18.8 Å². The number of methoxy groups -OCH3 is 1. The fourth-order valence-corrected chi connectivity index (χ4v) is 4.25. The first-order valence-corrected chi connectivity index (χ1v) is 11.1. The van der Waals surface area contributed by atoms with Crippen LogP contribution in [0.5, 0.6) is 0 Å². The zero-order chi connectivity index (χ0) is 23.1. The van der Waals surface area contributed by atoms with Gasteiger partial charge in [-0.3, -0.25) is 19.4 Å². The maximum atomic E-state index is 13.7. The summed E-state index contributed by atoms with van der Waals surface area (Å²) in [7, 11) is 1.33. The van der Waals surface area contributed by atoms with Crippen molar-refractivity contribution in [3.05, 3.63) is 51.3 Å². The summed E-state index contributed by atoms with van der Waals surface area (Å²) in [6, 6.07) is 2.65. The zero-order valence-corrected chi connectivity index (χ0v) is 19.5. The molecule has 0 aliphatic heterocycles. The molecule has 0 N–H and O–H groups in total. The van der Waals surface area contributed by atoms with Crippen molar-refractivity contribution in [1.82, 2.24) is 9.97 Å². The number of halogens is 3. The van der Waals surface area contributed by atoms with Crippen LogP contribution in [0.15, 0.2) is 23.2 Å². The second-order valence-corrected chi connectivity index (χ2v) is 8.77. The lowest BCUT2D eigenvalue weighted by atomic mass is 9.97. The number of Topliss-reactive ketones (excluding diaryl/α,β-unsaturated/α-hetero) is 2. The van der Waals surface area contributed by atoms with Crippen molar-refractivity contribution in [2.45, 2.75) is 43.9 Å². The standard InChI is InChI=1S/C21H21Cl2FN2O4S/c1-11(2)19-14(17(4-6-25-19)31-7-5-18(29)30-3)8-12(27)9-16(28)13-10-15(24)21(23)26-20(13)22/h4,6,10-11H,5,7-9H2,1-3H3. The fraction of sp³-hybridized carbons (Fsp3) is 0.381. The monoisotopic (exact) mass is 486 g/mol. The van der Waals surface area contributed by atoms with Gasteiger partial charge < -0.3 is 4.74 Å². The van der Waals surface area contributed by atoms with Gasteiger partial charge in [0.05, 0.1) is 25.5 Å². The molecule has 0 spiro atoms. The van der Waals surface area contributed by atoms with Crippen LogP contribution in [0.2, 0.25) is 10.3 Å². The normalized spacial score (nSPS) is 10.9. The summed E-state index contributed by atoms with van der Waals surface area (Å²) < 4.78 is 18.3. The third-order valence-electron chi connectivity index (χ3n) is 4.30. The van der Waals surface area contributed by atoms with Crippen LogP contribution in [-0.2, 0) is 20.7 Å². The molecule has 10 heteroatoms. The lowest BCUT2D eigenvalue weighted by molar-refractivity contribution is -0.140. The maximum absolute atomic E-state index is 13.7. The van der Waals surface area contributed by atoms with Crippen LogP contribution in [-0.4, -0.2) is 40.4 Å². The summed E-state index contributed by atoms with van der Waals surface area (Å²) in [6.07, 6.45) is 1.37. The topological polar surface area (TPSA) is 86.2 Å². The van der Waals surface area contributed by atoms with Crippen LogP contribution in [0.4, 0.5) is 4.39 Å². The van der Waals surface area contributed by atoms with Gasteiger partial charge in [-0.1, -0.05) is 37.0 Å². The second kappa shape index (κ2) is 11.5. The Kier molecular flexibility index (Phi) is 9.40. The number of hydrogen-bond donors (Lipinski definition) is 0. The third-order valence-corrected chi connectivity index (χ3v) is 5.96. The highest BCUT2D eigenvalue weighted by Crippen LogP contribution is 2.30. The smallest absolute Gasteiger partial charge is 0.306 e. The summed E-state index contributed by atoms with van der Waals surface area (Å²) in [5.74, 6) is -1.72. The van der Waals surface area contributed by atoms with Gasteiger partial charge in [0.2, 0.25) is 0 Å². The molecule has 2 rings (SSSR count). The molecule has 0 bridgehead atoms. The molecule has 0 aliphatic rings. The fourth-order valence-electron chi connectivity index (χ4n) is 2.82. The first-order chi connectivity index (χ1) is 14.6. The van der Waals surface area contributed by atoms with E-state index in [-0.39, 0.29) is 41.2 Å². The number of pyridine rings is 2. The number of thioether (sulfide) groups is 1. The molecule has 31 heavy (non-hydrogen) atoms. The molecule has 0 radical (unpaired) electrons. The van der Waals surface area contributed by atoms with Crippen molar-refractivity contribution in [3.8, 4) is 0 Å². The highest BCUT2D eigenvalue weighted by atomic mass is 35.5. The van der Waals surface area contributed by atoms with Crippen LogP contribution < -0.4 is 0 Å². The molecule has 166 valence electrons. The first kappa shape index (κ1) is 25.2. The molecule has 0 saturated heterocycles. The molecule has 2 aromatic heterocycles.